The number of halogens is 1. The summed E-state index contributed by atoms with van der Waals surface area (Å²) < 4.78 is 9.04. The van der Waals surface area contributed by atoms with E-state index in [0.29, 0.717) is 6.61 Å². The Morgan fingerprint density at radius 1 is 1.00 bits per heavy atom. The maximum Gasteiger partial charge on any atom is 0.195 e. The van der Waals surface area contributed by atoms with Gasteiger partial charge in [-0.1, -0.05) is 18.2 Å². The van der Waals surface area contributed by atoms with Crippen molar-refractivity contribution in [2.45, 2.75) is 26.9 Å². The molecule has 0 aliphatic rings. The van der Waals surface area contributed by atoms with E-state index in [1.165, 1.54) is 0 Å². The van der Waals surface area contributed by atoms with E-state index in [4.69, 9.17) is 4.74 Å². The molecule has 3 nitrogen and oxygen atoms in total. The quantitative estimate of drug-likeness (QED) is 0.206. The number of hydrogen-bond acceptors (Lipinski definition) is 3. The second kappa shape index (κ2) is 9.96. The van der Waals surface area contributed by atoms with Crippen LogP contribution in [0.4, 0.5) is 0 Å². The predicted molar refractivity (Wildman–Crippen MR) is 112 cm³/mol. The molecule has 0 unspecified atom stereocenters. The zero-order chi connectivity index (χ0) is 18.6. The van der Waals surface area contributed by atoms with Crippen LogP contribution in [0.2, 0.25) is 0 Å². The molecule has 0 amide bonds. The lowest BCUT2D eigenvalue weighted by molar-refractivity contribution is -0.906. The maximum atomic E-state index is 12.8. The zero-order valence-electron chi connectivity index (χ0n) is 16.3. The number of fused-ring (bicyclic) bond motifs is 2. The molecule has 0 N–H and O–H groups in total. The van der Waals surface area contributed by atoms with Crippen LogP contribution in [-0.2, 0) is 11.3 Å². The Bertz CT molecular complexity index is 950. The average Bonchev–Trinajstić information content (AvgIpc) is 2.68. The first-order chi connectivity index (χ1) is 12.6. The van der Waals surface area contributed by atoms with Gasteiger partial charge < -0.3 is 33.2 Å². The molecule has 0 bridgehead atoms. The van der Waals surface area contributed by atoms with Crippen molar-refractivity contribution in [3.8, 4) is 0 Å². The summed E-state index contributed by atoms with van der Waals surface area (Å²) in [4.78, 5) is 12.8. The molecule has 0 radical (unpaired) electrons. The maximum absolute atomic E-state index is 12.8. The van der Waals surface area contributed by atoms with Crippen LogP contribution in [-0.4, -0.2) is 37.8 Å². The van der Waals surface area contributed by atoms with Gasteiger partial charge in [-0.25, -0.2) is 0 Å². The summed E-state index contributed by atoms with van der Waals surface area (Å²) in [6.07, 6.45) is 1.06. The van der Waals surface area contributed by atoms with Crippen molar-refractivity contribution in [2.24, 2.45) is 0 Å². The molecule has 0 aliphatic carbocycles. The molecule has 0 aliphatic heterocycles. The first kappa shape index (κ1) is 22.3. The third-order valence-electron chi connectivity index (χ3n) is 5.42. The molecule has 0 saturated heterocycles. The summed E-state index contributed by atoms with van der Waals surface area (Å²) in [6.45, 7) is 9.26. The highest BCUT2D eigenvalue weighted by atomic mass is 127. The van der Waals surface area contributed by atoms with Crippen LogP contribution in [0.3, 0.4) is 0 Å². The molecular formula is C22H28INO2S. The molecule has 2 aromatic carbocycles. The van der Waals surface area contributed by atoms with Gasteiger partial charge in [0, 0.05) is 26.6 Å². The monoisotopic (exact) mass is 497 g/mol. The van der Waals surface area contributed by atoms with Crippen molar-refractivity contribution in [1.29, 1.82) is 0 Å². The predicted octanol–water partition coefficient (Wildman–Crippen LogP) is 1.81. The van der Waals surface area contributed by atoms with Gasteiger partial charge in [0.2, 0.25) is 0 Å². The first-order valence-corrected chi connectivity index (χ1v) is 10.2. The standard InChI is InChI=1S/C22H28NO2S.HI/c1-4-23(3,5-2)13-8-14-25-16-17-11-12-21-19(15-17)22(24)18-9-6-7-10-20(18)26-21;/h6-7,9-12,15H,4-5,8,13-14,16H2,1-3H3;1H/q+1;/p-1. The number of benzene rings is 2. The Hall–Kier alpha value is -1.02. The number of rotatable bonds is 8. The highest BCUT2D eigenvalue weighted by Gasteiger charge is 2.15. The summed E-state index contributed by atoms with van der Waals surface area (Å²) >= 11 is 1.67. The van der Waals surface area contributed by atoms with E-state index in [1.807, 2.05) is 30.3 Å². The SMILES string of the molecule is CC[N+](C)(CC)CCCOCc1ccc2sc3ccccc3c(=O)c2c1.[I-]. The normalized spacial score (nSPS) is 11.7. The summed E-state index contributed by atoms with van der Waals surface area (Å²) in [5.74, 6) is 0. The van der Waals surface area contributed by atoms with Crippen LogP contribution in [0.15, 0.2) is 47.3 Å². The first-order valence-electron chi connectivity index (χ1n) is 9.42. The molecule has 3 rings (SSSR count). The fourth-order valence-corrected chi connectivity index (χ4v) is 4.27. The van der Waals surface area contributed by atoms with Crippen molar-refractivity contribution < 1.29 is 33.2 Å². The van der Waals surface area contributed by atoms with Crippen LogP contribution >= 0.6 is 11.3 Å². The molecule has 0 spiro atoms. The second-order valence-corrected chi connectivity index (χ2v) is 8.22. The van der Waals surface area contributed by atoms with Gasteiger partial charge in [-0.3, -0.25) is 4.79 Å². The van der Waals surface area contributed by atoms with Gasteiger partial charge in [0.15, 0.2) is 5.43 Å². The van der Waals surface area contributed by atoms with E-state index >= 15 is 0 Å². The van der Waals surface area contributed by atoms with Gasteiger partial charge >= 0.3 is 0 Å². The minimum absolute atomic E-state index is 0. The fraction of sp³-hybridized carbons (Fsp3) is 0.409. The number of quaternary nitrogens is 1. The molecular weight excluding hydrogens is 469 g/mol. The van der Waals surface area contributed by atoms with Gasteiger partial charge in [-0.2, -0.15) is 0 Å². The fourth-order valence-electron chi connectivity index (χ4n) is 3.22. The van der Waals surface area contributed by atoms with E-state index in [2.05, 4.69) is 33.0 Å². The van der Waals surface area contributed by atoms with Crippen LogP contribution in [0.25, 0.3) is 20.2 Å². The molecule has 146 valence electrons. The molecule has 3 aromatic rings. The van der Waals surface area contributed by atoms with Crippen molar-refractivity contribution >= 4 is 31.5 Å². The number of ether oxygens (including phenoxy) is 1. The van der Waals surface area contributed by atoms with Crippen LogP contribution in [0, 0.1) is 0 Å². The molecule has 0 saturated carbocycles. The Morgan fingerprint density at radius 3 is 2.44 bits per heavy atom. The van der Waals surface area contributed by atoms with Gasteiger partial charge in [0.25, 0.3) is 0 Å². The van der Waals surface area contributed by atoms with Crippen LogP contribution in [0.5, 0.6) is 0 Å². The Labute approximate surface area is 182 Å². The number of hydrogen-bond donors (Lipinski definition) is 0. The largest absolute Gasteiger partial charge is 1.00 e. The highest BCUT2D eigenvalue weighted by Crippen LogP contribution is 2.25. The van der Waals surface area contributed by atoms with Crippen LogP contribution < -0.4 is 29.4 Å². The summed E-state index contributed by atoms with van der Waals surface area (Å²) in [5, 5.41) is 1.61. The lowest BCUT2D eigenvalue weighted by Gasteiger charge is -2.32. The minimum atomic E-state index is 0. The van der Waals surface area contributed by atoms with Crippen molar-refractivity contribution in [1.82, 2.24) is 0 Å². The lowest BCUT2D eigenvalue weighted by atomic mass is 10.1. The van der Waals surface area contributed by atoms with Crippen molar-refractivity contribution in [2.75, 3.05) is 33.3 Å². The summed E-state index contributed by atoms with van der Waals surface area (Å²) in [7, 11) is 2.30. The molecule has 1 heterocycles. The van der Waals surface area contributed by atoms with Gasteiger partial charge in [0.05, 0.1) is 39.9 Å². The number of nitrogens with zero attached hydrogens (tertiary/aromatic N) is 1. The zero-order valence-corrected chi connectivity index (χ0v) is 19.3. The molecule has 0 fully saturated rings. The molecule has 1 aromatic heterocycles. The van der Waals surface area contributed by atoms with Gasteiger partial charge in [-0.05, 0) is 43.7 Å². The lowest BCUT2D eigenvalue weighted by Crippen LogP contribution is -3.00. The Balaban J connectivity index is 0.00000261. The third-order valence-corrected chi connectivity index (χ3v) is 6.57. The Morgan fingerprint density at radius 2 is 1.70 bits per heavy atom. The van der Waals surface area contributed by atoms with Crippen molar-refractivity contribution in [3.05, 3.63) is 58.3 Å². The molecule has 5 heteroatoms. The smallest absolute Gasteiger partial charge is 0.195 e. The van der Waals surface area contributed by atoms with E-state index in [-0.39, 0.29) is 29.4 Å². The topological polar surface area (TPSA) is 26.3 Å². The van der Waals surface area contributed by atoms with E-state index < -0.39 is 0 Å². The Kier molecular flexibility index (Phi) is 8.21. The van der Waals surface area contributed by atoms with Gasteiger partial charge in [-0.15, -0.1) is 11.3 Å². The van der Waals surface area contributed by atoms with Crippen molar-refractivity contribution in [3.63, 3.8) is 0 Å². The second-order valence-electron chi connectivity index (χ2n) is 7.14. The summed E-state index contributed by atoms with van der Waals surface area (Å²) in [6, 6.07) is 13.9. The minimum Gasteiger partial charge on any atom is -1.00 e. The van der Waals surface area contributed by atoms with E-state index in [1.54, 1.807) is 11.3 Å². The highest BCUT2D eigenvalue weighted by molar-refractivity contribution is 7.24. The molecule has 0 atom stereocenters. The third kappa shape index (κ3) is 5.28. The average molecular weight is 497 g/mol. The van der Waals surface area contributed by atoms with E-state index in [0.717, 1.165) is 62.9 Å². The molecule has 27 heavy (non-hydrogen) atoms. The summed E-state index contributed by atoms with van der Waals surface area (Å²) in [5.41, 5.74) is 1.19. The van der Waals surface area contributed by atoms with E-state index in [9.17, 15) is 4.79 Å². The van der Waals surface area contributed by atoms with Gasteiger partial charge in [0.1, 0.15) is 0 Å². The van der Waals surface area contributed by atoms with Crippen LogP contribution in [0.1, 0.15) is 25.8 Å².